The van der Waals surface area contributed by atoms with Crippen LogP contribution in [0.3, 0.4) is 0 Å². The van der Waals surface area contributed by atoms with Crippen LogP contribution in [0.15, 0.2) is 33.9 Å². The average Bonchev–Trinajstić information content (AvgIpc) is 2.77. The summed E-state index contributed by atoms with van der Waals surface area (Å²) >= 11 is 0. The topological polar surface area (TPSA) is 152 Å². The van der Waals surface area contributed by atoms with Crippen molar-refractivity contribution >= 4 is 29.0 Å². The van der Waals surface area contributed by atoms with Crippen LogP contribution in [-0.4, -0.2) is 54.2 Å². The molecule has 5 N–H and O–H groups in total. The number of aromatic amines is 1. The SMILES string of the molecule is COCCN(C(=O)CNc1ccc(CC(=O)NC(C)C)cc1)c1c(N)n(CC(C)C)c(=O)[nH]c1=O. The van der Waals surface area contributed by atoms with E-state index in [0.29, 0.717) is 12.2 Å². The number of hydrogen-bond donors (Lipinski definition) is 4. The molecular weight excluding hydrogens is 452 g/mol. The van der Waals surface area contributed by atoms with Crippen molar-refractivity contribution in [2.24, 2.45) is 5.92 Å². The van der Waals surface area contributed by atoms with E-state index in [4.69, 9.17) is 10.5 Å². The molecule has 1 aromatic carbocycles. The van der Waals surface area contributed by atoms with Crippen molar-refractivity contribution in [1.29, 1.82) is 0 Å². The number of nitrogens with two attached hydrogens (primary N) is 1. The fourth-order valence-electron chi connectivity index (χ4n) is 3.50. The van der Waals surface area contributed by atoms with E-state index in [0.717, 1.165) is 5.56 Å². The standard InChI is InChI=1S/C24H36N6O5/c1-15(2)14-30-22(25)21(23(33)28-24(30)34)29(10-11-35-5)20(32)13-26-18-8-6-17(7-9-18)12-19(31)27-16(3)4/h6-9,15-16,26H,10-14,25H2,1-5H3,(H,27,31)(H,28,33,34). The highest BCUT2D eigenvalue weighted by Crippen LogP contribution is 2.18. The number of benzene rings is 1. The van der Waals surface area contributed by atoms with Gasteiger partial charge in [0.2, 0.25) is 11.8 Å². The van der Waals surface area contributed by atoms with E-state index >= 15 is 0 Å². The maximum Gasteiger partial charge on any atom is 0.330 e. The van der Waals surface area contributed by atoms with Crippen molar-refractivity contribution in [2.75, 3.05) is 42.8 Å². The molecule has 0 radical (unpaired) electrons. The largest absolute Gasteiger partial charge is 0.383 e. The third-order valence-corrected chi connectivity index (χ3v) is 5.06. The van der Waals surface area contributed by atoms with Gasteiger partial charge in [0.05, 0.1) is 19.6 Å². The van der Waals surface area contributed by atoms with E-state index in [1.165, 1.54) is 16.6 Å². The number of hydrogen-bond acceptors (Lipinski definition) is 7. The molecule has 1 heterocycles. The molecule has 0 saturated carbocycles. The second kappa shape index (κ2) is 12.7. The zero-order chi connectivity index (χ0) is 26.1. The highest BCUT2D eigenvalue weighted by Gasteiger charge is 2.24. The lowest BCUT2D eigenvalue weighted by Gasteiger charge is -2.25. The first-order chi connectivity index (χ1) is 16.5. The van der Waals surface area contributed by atoms with E-state index in [2.05, 4.69) is 15.6 Å². The average molecular weight is 489 g/mol. The van der Waals surface area contributed by atoms with Gasteiger partial charge in [-0.15, -0.1) is 0 Å². The molecular formula is C24H36N6O5. The summed E-state index contributed by atoms with van der Waals surface area (Å²) in [4.78, 5) is 53.4. The fraction of sp³-hybridized carbons (Fsp3) is 0.500. The second-order valence-electron chi connectivity index (χ2n) is 8.99. The minimum absolute atomic E-state index is 0.0636. The summed E-state index contributed by atoms with van der Waals surface area (Å²) in [5.41, 5.74) is 6.27. The van der Waals surface area contributed by atoms with Crippen LogP contribution < -0.4 is 32.5 Å². The highest BCUT2D eigenvalue weighted by atomic mass is 16.5. The molecule has 0 atom stereocenters. The molecule has 2 amide bonds. The lowest BCUT2D eigenvalue weighted by molar-refractivity contribution is -0.121. The summed E-state index contributed by atoms with van der Waals surface area (Å²) in [6, 6.07) is 7.23. The molecule has 11 heteroatoms. The number of nitrogens with zero attached hydrogens (tertiary/aromatic N) is 2. The Hall–Kier alpha value is -3.60. The molecule has 0 saturated heterocycles. The van der Waals surface area contributed by atoms with Gasteiger partial charge < -0.3 is 26.0 Å². The Morgan fingerprint density at radius 1 is 1.14 bits per heavy atom. The fourth-order valence-corrected chi connectivity index (χ4v) is 3.50. The quantitative estimate of drug-likeness (QED) is 0.347. The zero-order valence-electron chi connectivity index (χ0n) is 21.0. The van der Waals surface area contributed by atoms with Gasteiger partial charge in [-0.2, -0.15) is 0 Å². The summed E-state index contributed by atoms with van der Waals surface area (Å²) in [7, 11) is 1.48. The Balaban J connectivity index is 2.19. The van der Waals surface area contributed by atoms with Gasteiger partial charge in [0.1, 0.15) is 5.82 Å². The smallest absolute Gasteiger partial charge is 0.330 e. The molecule has 0 aliphatic carbocycles. The first-order valence-electron chi connectivity index (χ1n) is 11.6. The van der Waals surface area contributed by atoms with Crippen molar-refractivity contribution in [1.82, 2.24) is 14.9 Å². The number of nitrogen functional groups attached to an aromatic ring is 1. The minimum Gasteiger partial charge on any atom is -0.383 e. The molecule has 0 bridgehead atoms. The Kier molecular flexibility index (Phi) is 10.1. The highest BCUT2D eigenvalue weighted by molar-refractivity contribution is 5.98. The van der Waals surface area contributed by atoms with Gasteiger partial charge in [0.25, 0.3) is 5.56 Å². The summed E-state index contributed by atoms with van der Waals surface area (Å²) in [5.74, 6) is -0.459. The summed E-state index contributed by atoms with van der Waals surface area (Å²) in [6.45, 7) is 8.04. The van der Waals surface area contributed by atoms with Crippen LogP contribution in [0.5, 0.6) is 0 Å². The molecule has 2 rings (SSSR count). The molecule has 0 spiro atoms. The van der Waals surface area contributed by atoms with Gasteiger partial charge in [-0.3, -0.25) is 23.9 Å². The number of rotatable bonds is 12. The van der Waals surface area contributed by atoms with Gasteiger partial charge in [0, 0.05) is 31.9 Å². The number of carbonyl (C=O) groups excluding carboxylic acids is 2. The molecule has 192 valence electrons. The number of carbonyl (C=O) groups is 2. The van der Waals surface area contributed by atoms with Gasteiger partial charge in [-0.25, -0.2) is 4.79 Å². The van der Waals surface area contributed by atoms with Gasteiger partial charge in [-0.05, 0) is 37.5 Å². The van der Waals surface area contributed by atoms with Gasteiger partial charge >= 0.3 is 5.69 Å². The van der Waals surface area contributed by atoms with Crippen LogP contribution in [0.2, 0.25) is 0 Å². The van der Waals surface area contributed by atoms with Crippen LogP contribution in [0.25, 0.3) is 0 Å². The van der Waals surface area contributed by atoms with Gasteiger partial charge in [0.15, 0.2) is 5.69 Å². The summed E-state index contributed by atoms with van der Waals surface area (Å²) in [6.07, 6.45) is 0.260. The van der Waals surface area contributed by atoms with Crippen molar-refractivity contribution in [3.05, 3.63) is 50.7 Å². The molecule has 2 aromatic rings. The lowest BCUT2D eigenvalue weighted by Crippen LogP contribution is -2.44. The second-order valence-corrected chi connectivity index (χ2v) is 8.99. The number of H-pyrrole nitrogens is 1. The molecule has 11 nitrogen and oxygen atoms in total. The third kappa shape index (κ3) is 7.99. The molecule has 35 heavy (non-hydrogen) atoms. The van der Waals surface area contributed by atoms with Crippen LogP contribution in [0.4, 0.5) is 17.2 Å². The predicted octanol–water partition coefficient (Wildman–Crippen LogP) is 0.933. The van der Waals surface area contributed by atoms with Crippen LogP contribution in [0.1, 0.15) is 33.3 Å². The normalized spacial score (nSPS) is 11.1. The number of methoxy groups -OCH3 is 1. The van der Waals surface area contributed by atoms with E-state index in [9.17, 15) is 19.2 Å². The molecule has 0 aliphatic rings. The van der Waals surface area contributed by atoms with E-state index in [-0.39, 0.29) is 55.5 Å². The molecule has 0 aliphatic heterocycles. The predicted molar refractivity (Wildman–Crippen MR) is 137 cm³/mol. The number of aromatic nitrogens is 2. The summed E-state index contributed by atoms with van der Waals surface area (Å²) in [5, 5.41) is 5.87. The van der Waals surface area contributed by atoms with E-state index in [1.54, 1.807) is 24.3 Å². The van der Waals surface area contributed by atoms with Crippen molar-refractivity contribution in [2.45, 2.75) is 46.7 Å². The molecule has 1 aromatic heterocycles. The summed E-state index contributed by atoms with van der Waals surface area (Å²) < 4.78 is 6.37. The maximum absolute atomic E-state index is 13.1. The first kappa shape index (κ1) is 27.6. The van der Waals surface area contributed by atoms with Crippen molar-refractivity contribution in [3.63, 3.8) is 0 Å². The lowest BCUT2D eigenvalue weighted by atomic mass is 10.1. The molecule has 0 unspecified atom stereocenters. The number of nitrogens with one attached hydrogen (secondary N) is 3. The Morgan fingerprint density at radius 3 is 2.37 bits per heavy atom. The van der Waals surface area contributed by atoms with Gasteiger partial charge in [-0.1, -0.05) is 26.0 Å². The zero-order valence-corrected chi connectivity index (χ0v) is 21.0. The minimum atomic E-state index is -0.735. The van der Waals surface area contributed by atoms with Crippen LogP contribution >= 0.6 is 0 Å². The first-order valence-corrected chi connectivity index (χ1v) is 11.6. The van der Waals surface area contributed by atoms with E-state index in [1.807, 2.05) is 27.7 Å². The number of amides is 2. The molecule has 0 fully saturated rings. The van der Waals surface area contributed by atoms with Crippen molar-refractivity contribution < 1.29 is 14.3 Å². The third-order valence-electron chi connectivity index (χ3n) is 5.06. The van der Waals surface area contributed by atoms with E-state index < -0.39 is 17.2 Å². The van der Waals surface area contributed by atoms with Crippen molar-refractivity contribution in [3.8, 4) is 0 Å². The number of anilines is 3. The Morgan fingerprint density at radius 2 is 1.80 bits per heavy atom. The van der Waals surface area contributed by atoms with Crippen LogP contribution in [-0.2, 0) is 27.3 Å². The number of ether oxygens (including phenoxy) is 1. The Labute approximate surface area is 204 Å². The van der Waals surface area contributed by atoms with Crippen LogP contribution in [0, 0.1) is 5.92 Å². The monoisotopic (exact) mass is 488 g/mol. The maximum atomic E-state index is 13.1. The Bertz CT molecular complexity index is 1120.